The van der Waals surface area contributed by atoms with Crippen molar-refractivity contribution in [3.05, 3.63) is 39.7 Å². The van der Waals surface area contributed by atoms with E-state index in [2.05, 4.69) is 60.8 Å². The number of fused-ring (bicyclic) bond motifs is 4. The van der Waals surface area contributed by atoms with Crippen LogP contribution < -0.4 is 0 Å². The van der Waals surface area contributed by atoms with Gasteiger partial charge in [0.15, 0.2) is 5.65 Å². The zero-order chi connectivity index (χ0) is 27.1. The summed E-state index contributed by atoms with van der Waals surface area (Å²) in [6.07, 6.45) is 6.06. The van der Waals surface area contributed by atoms with Crippen molar-refractivity contribution >= 4 is 33.2 Å². The summed E-state index contributed by atoms with van der Waals surface area (Å²) in [7, 11) is 0. The van der Waals surface area contributed by atoms with Crippen molar-refractivity contribution in [3.8, 4) is 11.3 Å². The van der Waals surface area contributed by atoms with E-state index in [4.69, 9.17) is 4.74 Å². The largest absolute Gasteiger partial charge is 0.459 e. The molecule has 6 rings (SSSR count). The zero-order valence-corrected chi connectivity index (χ0v) is 24.6. The fourth-order valence-electron chi connectivity index (χ4n) is 6.95. The number of thiophene rings is 1. The minimum absolute atomic E-state index is 0.106. The number of H-pyrrole nitrogens is 1. The maximum Gasteiger partial charge on any atom is 0.320 e. The monoisotopic (exact) mass is 533 g/mol. The summed E-state index contributed by atoms with van der Waals surface area (Å²) in [6.45, 7) is 18.4. The Bertz CT molecular complexity index is 1550. The first-order valence-electron chi connectivity index (χ1n) is 13.8. The molecule has 1 saturated heterocycles. The first-order chi connectivity index (χ1) is 17.9. The van der Waals surface area contributed by atoms with Crippen LogP contribution >= 0.6 is 11.3 Å². The van der Waals surface area contributed by atoms with Crippen LogP contribution in [0.3, 0.4) is 0 Å². The molecule has 2 fully saturated rings. The molecule has 4 aromatic heterocycles. The van der Waals surface area contributed by atoms with Crippen molar-refractivity contribution in [1.82, 2.24) is 24.5 Å². The zero-order valence-electron chi connectivity index (χ0n) is 23.8. The number of aromatic nitrogens is 4. The Labute approximate surface area is 228 Å². The third kappa shape index (κ3) is 4.08. The molecule has 0 aromatic carbocycles. The maximum absolute atomic E-state index is 12.5. The van der Waals surface area contributed by atoms with E-state index in [0.29, 0.717) is 30.3 Å². The van der Waals surface area contributed by atoms with Gasteiger partial charge in [-0.2, -0.15) is 5.10 Å². The van der Waals surface area contributed by atoms with Gasteiger partial charge in [0, 0.05) is 34.6 Å². The van der Waals surface area contributed by atoms with E-state index < -0.39 is 5.60 Å². The summed E-state index contributed by atoms with van der Waals surface area (Å²) < 4.78 is 7.49. The van der Waals surface area contributed by atoms with E-state index in [1.165, 1.54) is 55.0 Å². The number of carbonyl (C=O) groups is 1. The van der Waals surface area contributed by atoms with Crippen LogP contribution in [0.2, 0.25) is 0 Å². The van der Waals surface area contributed by atoms with Crippen molar-refractivity contribution in [2.75, 3.05) is 13.1 Å². The van der Waals surface area contributed by atoms with Gasteiger partial charge >= 0.3 is 5.97 Å². The van der Waals surface area contributed by atoms with E-state index in [9.17, 15) is 4.79 Å². The summed E-state index contributed by atoms with van der Waals surface area (Å²) in [5.41, 5.74) is 8.15. The lowest BCUT2D eigenvalue weighted by Gasteiger charge is -2.31. The summed E-state index contributed by atoms with van der Waals surface area (Å²) >= 11 is 1.95. The van der Waals surface area contributed by atoms with E-state index in [-0.39, 0.29) is 5.97 Å². The number of hydrogen-bond donors (Lipinski definition) is 1. The number of rotatable bonds is 5. The smallest absolute Gasteiger partial charge is 0.320 e. The predicted octanol–water partition coefficient (Wildman–Crippen LogP) is 6.51. The molecule has 1 saturated carbocycles. The van der Waals surface area contributed by atoms with Crippen LogP contribution in [0.25, 0.3) is 27.1 Å². The van der Waals surface area contributed by atoms with Crippen molar-refractivity contribution in [3.63, 3.8) is 0 Å². The van der Waals surface area contributed by atoms with Gasteiger partial charge in [-0.15, -0.1) is 11.3 Å². The highest BCUT2D eigenvalue weighted by Gasteiger charge is 2.47. The Hall–Kier alpha value is -2.71. The quantitative estimate of drug-likeness (QED) is 0.296. The van der Waals surface area contributed by atoms with Crippen LogP contribution in [0.15, 0.2) is 12.5 Å². The number of likely N-dealkylation sites (tertiary alicyclic amines) is 1. The number of aryl methyl sites for hydroxylation is 2. The summed E-state index contributed by atoms with van der Waals surface area (Å²) in [5.74, 6) is 1.45. The van der Waals surface area contributed by atoms with Gasteiger partial charge < -0.3 is 9.72 Å². The van der Waals surface area contributed by atoms with E-state index in [0.717, 1.165) is 18.6 Å². The third-order valence-corrected chi connectivity index (χ3v) is 10.0. The van der Waals surface area contributed by atoms with Crippen LogP contribution in [0.1, 0.15) is 86.4 Å². The van der Waals surface area contributed by atoms with E-state index >= 15 is 0 Å². The molecule has 1 aliphatic heterocycles. The molecule has 38 heavy (non-hydrogen) atoms. The Kier molecular flexibility index (Phi) is 6.00. The second kappa shape index (κ2) is 8.91. The molecule has 0 amide bonds. The lowest BCUT2D eigenvalue weighted by Crippen LogP contribution is -2.40. The number of esters is 1. The molecule has 202 valence electrons. The molecule has 8 heteroatoms. The molecular weight excluding hydrogens is 494 g/mol. The number of carbonyl (C=O) groups excluding carboxylic acids is 1. The van der Waals surface area contributed by atoms with Crippen molar-refractivity contribution in [2.45, 2.75) is 91.7 Å². The molecule has 7 nitrogen and oxygen atoms in total. The fourth-order valence-corrected chi connectivity index (χ4v) is 8.38. The fraction of sp³-hybridized carbons (Fsp3) is 0.567. The Morgan fingerprint density at radius 3 is 2.61 bits per heavy atom. The number of ether oxygens (including phenoxy) is 1. The number of nitrogens with zero attached hydrogens (tertiary/aromatic N) is 4. The standard InChI is InChI=1S/C30H39N5O2S/c1-15(2)24-25-18(5)27(21-10-20-9-19(21)11-34(20)13-23(36)37-30(6,7)8)38-29(25)33-26(24)22-12-35-28(31-14-32-35)17(4)16(22)3/h12,14-15,19-21,33H,9-11,13H2,1-8H3/t19-,20?,21+/m0/s1. The molecule has 0 spiro atoms. The highest BCUT2D eigenvalue weighted by atomic mass is 32.1. The van der Waals surface area contributed by atoms with Crippen LogP contribution in [0.4, 0.5) is 0 Å². The van der Waals surface area contributed by atoms with Gasteiger partial charge in [-0.1, -0.05) is 13.8 Å². The molecule has 5 heterocycles. The third-order valence-electron chi connectivity index (χ3n) is 8.68. The van der Waals surface area contributed by atoms with Gasteiger partial charge in [-0.25, -0.2) is 9.50 Å². The van der Waals surface area contributed by atoms with Gasteiger partial charge in [-0.05, 0) is 94.4 Å². The molecule has 1 unspecified atom stereocenters. The first kappa shape index (κ1) is 25.6. The van der Waals surface area contributed by atoms with Gasteiger partial charge in [0.1, 0.15) is 16.8 Å². The Balaban J connectivity index is 1.32. The minimum Gasteiger partial charge on any atom is -0.459 e. The van der Waals surface area contributed by atoms with E-state index in [1.54, 1.807) is 6.33 Å². The molecular formula is C30H39N5O2S. The second-order valence-corrected chi connectivity index (χ2v) is 13.7. The van der Waals surface area contributed by atoms with Crippen LogP contribution in [0, 0.1) is 26.7 Å². The normalized spacial score (nSPS) is 22.0. The maximum atomic E-state index is 12.5. The van der Waals surface area contributed by atoms with Crippen LogP contribution in [-0.2, 0) is 9.53 Å². The number of pyridine rings is 1. The molecule has 4 aromatic rings. The SMILES string of the molecule is Cc1c(-c2[nH]c3sc([C@@H]4CC5C[C@H]4CN5CC(=O)OC(C)(C)C)c(C)c3c2C(C)C)cn2ncnc2c1C. The summed E-state index contributed by atoms with van der Waals surface area (Å²) in [6, 6.07) is 0.470. The molecule has 1 N–H and O–H groups in total. The van der Waals surface area contributed by atoms with Crippen LogP contribution in [-0.4, -0.2) is 55.2 Å². The van der Waals surface area contributed by atoms with Crippen molar-refractivity contribution in [1.29, 1.82) is 0 Å². The number of hydrogen-bond acceptors (Lipinski definition) is 6. The highest BCUT2D eigenvalue weighted by Crippen LogP contribution is 2.53. The van der Waals surface area contributed by atoms with E-state index in [1.807, 2.05) is 36.6 Å². The molecule has 3 atom stereocenters. The molecule has 0 radical (unpaired) electrons. The molecule has 2 bridgehead atoms. The van der Waals surface area contributed by atoms with Crippen molar-refractivity contribution < 1.29 is 9.53 Å². The lowest BCUT2D eigenvalue weighted by atomic mass is 9.88. The number of nitrogens with one attached hydrogen (secondary N) is 1. The van der Waals surface area contributed by atoms with Crippen molar-refractivity contribution in [2.24, 2.45) is 5.92 Å². The van der Waals surface area contributed by atoms with Gasteiger partial charge in [0.05, 0.1) is 12.2 Å². The van der Waals surface area contributed by atoms with Gasteiger partial charge in [0.25, 0.3) is 0 Å². The van der Waals surface area contributed by atoms with Gasteiger partial charge in [0.2, 0.25) is 0 Å². The second-order valence-electron chi connectivity index (χ2n) is 12.7. The molecule has 2 aliphatic rings. The topological polar surface area (TPSA) is 75.5 Å². The average Bonchev–Trinajstić information content (AvgIpc) is 3.62. The first-order valence-corrected chi connectivity index (χ1v) is 14.6. The lowest BCUT2D eigenvalue weighted by molar-refractivity contribution is -0.156. The van der Waals surface area contributed by atoms with Crippen LogP contribution in [0.5, 0.6) is 0 Å². The number of aromatic amines is 1. The number of piperidine rings is 1. The minimum atomic E-state index is -0.432. The highest BCUT2D eigenvalue weighted by molar-refractivity contribution is 7.19. The Morgan fingerprint density at radius 1 is 1.18 bits per heavy atom. The van der Waals surface area contributed by atoms with Gasteiger partial charge in [-0.3, -0.25) is 9.69 Å². The molecule has 1 aliphatic carbocycles. The Morgan fingerprint density at radius 2 is 1.95 bits per heavy atom. The average molecular weight is 534 g/mol. The predicted molar refractivity (Wildman–Crippen MR) is 153 cm³/mol. The summed E-state index contributed by atoms with van der Waals surface area (Å²) in [5, 5.41) is 5.83. The summed E-state index contributed by atoms with van der Waals surface area (Å²) in [4.78, 5) is 25.9.